The molecule has 0 atom stereocenters. The lowest BCUT2D eigenvalue weighted by molar-refractivity contribution is -0.115. The lowest BCUT2D eigenvalue weighted by Crippen LogP contribution is -2.16. The van der Waals surface area contributed by atoms with Crippen LogP contribution in [0.5, 0.6) is 5.75 Å². The summed E-state index contributed by atoms with van der Waals surface area (Å²) in [5, 5.41) is 6.15. The molecule has 2 aromatic rings. The number of carbonyl (C=O) groups excluding carboxylic acids is 1. The molecule has 2 aromatic carbocycles. The minimum Gasteiger partial charge on any atom is -0.497 e. The van der Waals surface area contributed by atoms with Gasteiger partial charge in [0.05, 0.1) is 7.11 Å². The third-order valence-electron chi connectivity index (χ3n) is 3.28. The fourth-order valence-corrected chi connectivity index (χ4v) is 2.30. The molecule has 0 fully saturated rings. The van der Waals surface area contributed by atoms with Gasteiger partial charge in [-0.25, -0.2) is 0 Å². The first kappa shape index (κ1) is 15.9. The number of aryl methyl sites for hydroxylation is 2. The number of ether oxygens (including phenoxy) is 1. The number of hydrogen-bond acceptors (Lipinski definition) is 3. The van der Waals surface area contributed by atoms with E-state index in [0.29, 0.717) is 13.0 Å². The van der Waals surface area contributed by atoms with Gasteiger partial charge >= 0.3 is 0 Å². The molecule has 0 aliphatic heterocycles. The second kappa shape index (κ2) is 7.50. The van der Waals surface area contributed by atoms with Crippen molar-refractivity contribution in [3.05, 3.63) is 53.6 Å². The molecule has 1 amide bonds. The average molecular weight is 298 g/mol. The summed E-state index contributed by atoms with van der Waals surface area (Å²) in [6.07, 6.45) is 0.416. The SMILES string of the molecule is COc1ccc(NCCC(=O)Nc2cc(C)cc(C)c2)cc1. The van der Waals surface area contributed by atoms with Crippen LogP contribution in [-0.2, 0) is 4.79 Å². The van der Waals surface area contributed by atoms with Crippen LogP contribution >= 0.6 is 0 Å². The maximum absolute atomic E-state index is 12.0. The summed E-state index contributed by atoms with van der Waals surface area (Å²) in [6, 6.07) is 13.7. The van der Waals surface area contributed by atoms with E-state index in [4.69, 9.17) is 4.74 Å². The van der Waals surface area contributed by atoms with E-state index in [9.17, 15) is 4.79 Å². The highest BCUT2D eigenvalue weighted by Crippen LogP contribution is 2.16. The minimum absolute atomic E-state index is 0.00557. The van der Waals surface area contributed by atoms with E-state index < -0.39 is 0 Å². The first-order valence-electron chi connectivity index (χ1n) is 7.33. The Bertz CT molecular complexity index is 616. The third kappa shape index (κ3) is 4.81. The van der Waals surface area contributed by atoms with Crippen molar-refractivity contribution in [3.8, 4) is 5.75 Å². The average Bonchev–Trinajstić information content (AvgIpc) is 2.47. The molecular weight excluding hydrogens is 276 g/mol. The van der Waals surface area contributed by atoms with Gasteiger partial charge in [0.2, 0.25) is 5.91 Å². The molecule has 4 heteroatoms. The van der Waals surface area contributed by atoms with Crippen LogP contribution in [0.15, 0.2) is 42.5 Å². The summed E-state index contributed by atoms with van der Waals surface area (Å²) in [5.41, 5.74) is 4.12. The third-order valence-corrected chi connectivity index (χ3v) is 3.28. The molecule has 0 aliphatic rings. The van der Waals surface area contributed by atoms with E-state index in [1.54, 1.807) is 7.11 Å². The largest absolute Gasteiger partial charge is 0.497 e. The van der Waals surface area contributed by atoms with Gasteiger partial charge in [0.25, 0.3) is 0 Å². The molecule has 0 aliphatic carbocycles. The number of rotatable bonds is 6. The van der Waals surface area contributed by atoms with E-state index in [2.05, 4.69) is 16.7 Å². The zero-order chi connectivity index (χ0) is 15.9. The Balaban J connectivity index is 1.79. The van der Waals surface area contributed by atoms with Gasteiger partial charge in [0.15, 0.2) is 0 Å². The fraction of sp³-hybridized carbons (Fsp3) is 0.278. The lowest BCUT2D eigenvalue weighted by atomic mass is 10.1. The topological polar surface area (TPSA) is 50.4 Å². The van der Waals surface area contributed by atoms with E-state index in [1.807, 2.05) is 50.2 Å². The van der Waals surface area contributed by atoms with Crippen LogP contribution in [0.4, 0.5) is 11.4 Å². The highest BCUT2D eigenvalue weighted by molar-refractivity contribution is 5.91. The summed E-state index contributed by atoms with van der Waals surface area (Å²) < 4.78 is 5.11. The van der Waals surface area contributed by atoms with Gasteiger partial charge in [-0.1, -0.05) is 6.07 Å². The summed E-state index contributed by atoms with van der Waals surface area (Å²) in [5.74, 6) is 0.823. The van der Waals surface area contributed by atoms with Gasteiger partial charge in [-0.05, 0) is 61.4 Å². The van der Waals surface area contributed by atoms with E-state index in [-0.39, 0.29) is 5.91 Å². The maximum atomic E-state index is 12.0. The second-order valence-corrected chi connectivity index (χ2v) is 5.33. The molecular formula is C18H22N2O2. The van der Waals surface area contributed by atoms with Crippen molar-refractivity contribution in [3.63, 3.8) is 0 Å². The van der Waals surface area contributed by atoms with Crippen LogP contribution in [0.1, 0.15) is 17.5 Å². The number of methoxy groups -OCH3 is 1. The molecule has 0 bridgehead atoms. The fourth-order valence-electron chi connectivity index (χ4n) is 2.30. The van der Waals surface area contributed by atoms with Crippen molar-refractivity contribution >= 4 is 17.3 Å². The molecule has 0 saturated heterocycles. The van der Waals surface area contributed by atoms with E-state index >= 15 is 0 Å². The van der Waals surface area contributed by atoms with Gasteiger partial charge in [-0.2, -0.15) is 0 Å². The number of carbonyl (C=O) groups is 1. The van der Waals surface area contributed by atoms with Crippen molar-refractivity contribution in [2.24, 2.45) is 0 Å². The Morgan fingerprint density at radius 2 is 1.64 bits per heavy atom. The van der Waals surface area contributed by atoms with Gasteiger partial charge in [-0.15, -0.1) is 0 Å². The molecule has 0 heterocycles. The summed E-state index contributed by atoms with van der Waals surface area (Å²) >= 11 is 0. The summed E-state index contributed by atoms with van der Waals surface area (Å²) in [4.78, 5) is 12.0. The Labute approximate surface area is 131 Å². The number of hydrogen-bond donors (Lipinski definition) is 2. The van der Waals surface area contributed by atoms with E-state index in [0.717, 1.165) is 28.3 Å². The van der Waals surface area contributed by atoms with Crippen molar-refractivity contribution in [2.75, 3.05) is 24.3 Å². The van der Waals surface area contributed by atoms with Gasteiger partial charge in [-0.3, -0.25) is 4.79 Å². The Morgan fingerprint density at radius 1 is 1.00 bits per heavy atom. The maximum Gasteiger partial charge on any atom is 0.226 e. The van der Waals surface area contributed by atoms with Crippen molar-refractivity contribution in [2.45, 2.75) is 20.3 Å². The highest BCUT2D eigenvalue weighted by Gasteiger charge is 2.03. The highest BCUT2D eigenvalue weighted by atomic mass is 16.5. The second-order valence-electron chi connectivity index (χ2n) is 5.33. The molecule has 2 rings (SSSR count). The smallest absolute Gasteiger partial charge is 0.226 e. The quantitative estimate of drug-likeness (QED) is 0.854. The van der Waals surface area contributed by atoms with Crippen LogP contribution in [0.2, 0.25) is 0 Å². The molecule has 0 saturated carbocycles. The molecule has 116 valence electrons. The van der Waals surface area contributed by atoms with Gasteiger partial charge in [0, 0.05) is 24.3 Å². The van der Waals surface area contributed by atoms with E-state index in [1.165, 1.54) is 0 Å². The Morgan fingerprint density at radius 3 is 2.23 bits per heavy atom. The molecule has 0 radical (unpaired) electrons. The van der Waals surface area contributed by atoms with Crippen molar-refractivity contribution in [1.29, 1.82) is 0 Å². The van der Waals surface area contributed by atoms with Crippen molar-refractivity contribution in [1.82, 2.24) is 0 Å². The van der Waals surface area contributed by atoms with Gasteiger partial charge < -0.3 is 15.4 Å². The predicted molar refractivity (Wildman–Crippen MR) is 90.6 cm³/mol. The molecule has 4 nitrogen and oxygen atoms in total. The zero-order valence-corrected chi connectivity index (χ0v) is 13.3. The summed E-state index contributed by atoms with van der Waals surface area (Å²) in [7, 11) is 1.64. The first-order valence-corrected chi connectivity index (χ1v) is 7.33. The molecule has 0 spiro atoms. The molecule has 0 unspecified atom stereocenters. The molecule has 22 heavy (non-hydrogen) atoms. The molecule has 2 N–H and O–H groups in total. The van der Waals surface area contributed by atoms with Crippen LogP contribution < -0.4 is 15.4 Å². The first-order chi connectivity index (χ1) is 10.6. The number of anilines is 2. The monoisotopic (exact) mass is 298 g/mol. The lowest BCUT2D eigenvalue weighted by Gasteiger charge is -2.09. The standard InChI is InChI=1S/C18H22N2O2/c1-13-10-14(2)12-16(11-13)20-18(21)8-9-19-15-4-6-17(22-3)7-5-15/h4-7,10-12,19H,8-9H2,1-3H3,(H,20,21). The minimum atomic E-state index is 0.00557. The van der Waals surface area contributed by atoms with Crippen molar-refractivity contribution < 1.29 is 9.53 Å². The number of benzene rings is 2. The van der Waals surface area contributed by atoms with Crippen LogP contribution in [-0.4, -0.2) is 19.6 Å². The van der Waals surface area contributed by atoms with Gasteiger partial charge in [0.1, 0.15) is 5.75 Å². The van der Waals surface area contributed by atoms with Crippen LogP contribution in [0, 0.1) is 13.8 Å². The van der Waals surface area contributed by atoms with Crippen LogP contribution in [0.3, 0.4) is 0 Å². The Hall–Kier alpha value is -2.49. The predicted octanol–water partition coefficient (Wildman–Crippen LogP) is 3.75. The van der Waals surface area contributed by atoms with Crippen LogP contribution in [0.25, 0.3) is 0 Å². The Kier molecular flexibility index (Phi) is 5.42. The normalized spacial score (nSPS) is 10.1. The molecule has 0 aromatic heterocycles. The zero-order valence-electron chi connectivity index (χ0n) is 13.3. The summed E-state index contributed by atoms with van der Waals surface area (Å²) in [6.45, 7) is 4.63. The number of amides is 1. The number of nitrogens with one attached hydrogen (secondary N) is 2.